The van der Waals surface area contributed by atoms with Gasteiger partial charge in [-0.3, -0.25) is 4.48 Å². The van der Waals surface area contributed by atoms with E-state index in [1.807, 2.05) is 13.1 Å². The summed E-state index contributed by atoms with van der Waals surface area (Å²) in [4.78, 5) is 17.6. The fraction of sp³-hybridized carbons (Fsp3) is 0.308. The van der Waals surface area contributed by atoms with Gasteiger partial charge in [0.05, 0.1) is 32.3 Å². The molecule has 0 spiro atoms. The second-order valence-corrected chi connectivity index (χ2v) is 9.72. The number of benzene rings is 2. The number of nitrogens with one attached hydrogen (secondary N) is 1. The summed E-state index contributed by atoms with van der Waals surface area (Å²) in [6.45, 7) is 4.69. The number of amides is 1. The number of ether oxygens (including phenoxy) is 2. The predicted molar refractivity (Wildman–Crippen MR) is 139 cm³/mol. The molecule has 2 aromatic carbocycles. The molecule has 36 heavy (non-hydrogen) atoms. The van der Waals surface area contributed by atoms with Gasteiger partial charge in [-0.25, -0.2) is 14.2 Å². The predicted octanol–water partition coefficient (Wildman–Crippen LogP) is 5.12. The molecule has 1 aliphatic rings. The van der Waals surface area contributed by atoms with Crippen LogP contribution in [0, 0.1) is 5.82 Å². The highest BCUT2D eigenvalue weighted by molar-refractivity contribution is 6.36. The van der Waals surface area contributed by atoms with Gasteiger partial charge in [0.1, 0.15) is 23.2 Å². The highest BCUT2D eigenvalue weighted by atomic mass is 35.5. The average Bonchev–Trinajstić information content (AvgIpc) is 2.87. The minimum atomic E-state index is -0.696. The van der Waals surface area contributed by atoms with E-state index in [9.17, 15) is 9.18 Å². The summed E-state index contributed by atoms with van der Waals surface area (Å²) in [6, 6.07) is 9.75. The number of carbonyl (C=O) groups is 1. The number of anilines is 1. The van der Waals surface area contributed by atoms with Gasteiger partial charge in [0.2, 0.25) is 0 Å². The second-order valence-electron chi connectivity index (χ2n) is 8.94. The summed E-state index contributed by atoms with van der Waals surface area (Å²) in [5.41, 5.74) is 8.36. The summed E-state index contributed by atoms with van der Waals surface area (Å²) >= 11 is 12.4. The molecule has 2 heterocycles. The van der Waals surface area contributed by atoms with Crippen LogP contribution in [0.2, 0.25) is 10.0 Å². The molecular weight excluding hydrogens is 506 g/mol. The molecule has 10 heteroatoms. The van der Waals surface area contributed by atoms with Crippen LogP contribution in [-0.2, 0) is 0 Å². The molecule has 4 rings (SSSR count). The van der Waals surface area contributed by atoms with Crippen LogP contribution >= 0.6 is 23.2 Å². The third-order valence-corrected chi connectivity index (χ3v) is 7.20. The Morgan fingerprint density at radius 3 is 2.53 bits per heavy atom. The fourth-order valence-electron chi connectivity index (χ4n) is 4.30. The molecule has 190 valence electrons. The van der Waals surface area contributed by atoms with E-state index in [1.54, 1.807) is 31.3 Å². The molecule has 1 aliphatic heterocycles. The molecule has 1 unspecified atom stereocenters. The third-order valence-electron chi connectivity index (χ3n) is 6.49. The van der Waals surface area contributed by atoms with Crippen LogP contribution in [0.25, 0.3) is 11.1 Å². The van der Waals surface area contributed by atoms with E-state index >= 15 is 0 Å². The topological polar surface area (TPSA) is 86.5 Å². The Kier molecular flexibility index (Phi) is 7.70. The van der Waals surface area contributed by atoms with E-state index in [0.29, 0.717) is 40.0 Å². The van der Waals surface area contributed by atoms with Crippen molar-refractivity contribution in [1.29, 1.82) is 0 Å². The maximum absolute atomic E-state index is 14.0. The second kappa shape index (κ2) is 10.6. The number of rotatable bonds is 6. The molecule has 7 nitrogen and oxygen atoms in total. The van der Waals surface area contributed by atoms with E-state index in [0.717, 1.165) is 18.7 Å². The Balaban J connectivity index is 1.64. The van der Waals surface area contributed by atoms with Gasteiger partial charge in [0, 0.05) is 35.4 Å². The number of halogens is 3. The van der Waals surface area contributed by atoms with Crippen molar-refractivity contribution in [3.8, 4) is 22.6 Å². The monoisotopic (exact) mass is 533 g/mol. The number of piperazine rings is 1. The normalized spacial score (nSPS) is 15.8. The van der Waals surface area contributed by atoms with Crippen molar-refractivity contribution >= 4 is 34.9 Å². The zero-order chi connectivity index (χ0) is 26.0. The standard InChI is InChI=1S/C26H27Cl2FN4O3/c1-15(23-19(27)6-7-20(29)24(23)28)36-22-13-17(14-32-25(22)30)16-4-5-18(21(12-16)35-3)26(34)33(2)10-8-31-9-11-33/h4-7,12-15,31H,8-11H2,1-3H3,(H-,30,32,34)/p+1. The Bertz CT molecular complexity index is 1300. The van der Waals surface area contributed by atoms with Crippen LogP contribution in [0.3, 0.4) is 0 Å². The van der Waals surface area contributed by atoms with Gasteiger partial charge < -0.3 is 20.5 Å². The lowest BCUT2D eigenvalue weighted by Gasteiger charge is -2.35. The lowest BCUT2D eigenvalue weighted by molar-refractivity contribution is -0.830. The molecule has 1 saturated heterocycles. The van der Waals surface area contributed by atoms with Gasteiger partial charge in [-0.1, -0.05) is 29.3 Å². The van der Waals surface area contributed by atoms with Gasteiger partial charge in [0.25, 0.3) is 0 Å². The van der Waals surface area contributed by atoms with Gasteiger partial charge in [-0.05, 0) is 42.8 Å². The Labute approximate surface area is 219 Å². The maximum Gasteiger partial charge on any atom is 0.349 e. The van der Waals surface area contributed by atoms with Crippen molar-refractivity contribution < 1.29 is 23.1 Å². The number of aromatic nitrogens is 1. The highest BCUT2D eigenvalue weighted by Gasteiger charge is 2.36. The molecule has 1 aromatic heterocycles. The number of hydrogen-bond acceptors (Lipinski definition) is 6. The molecule has 1 atom stereocenters. The fourth-order valence-corrected chi connectivity index (χ4v) is 4.98. The van der Waals surface area contributed by atoms with Crippen LogP contribution in [0.5, 0.6) is 11.5 Å². The van der Waals surface area contributed by atoms with Crippen molar-refractivity contribution in [3.05, 3.63) is 69.6 Å². The quantitative estimate of drug-likeness (QED) is 0.338. The van der Waals surface area contributed by atoms with Gasteiger partial charge in [-0.15, -0.1) is 0 Å². The largest absolute Gasteiger partial charge is 0.496 e. The van der Waals surface area contributed by atoms with Crippen LogP contribution in [0.4, 0.5) is 10.2 Å². The van der Waals surface area contributed by atoms with E-state index < -0.39 is 11.9 Å². The number of hydrogen-bond donors (Lipinski definition) is 2. The SMILES string of the molecule is COc1cc(-c2cnc(N)c(OC(C)c3c(Cl)ccc(F)c3Cl)c2)ccc1C(=O)[N+]1(C)CCNCC1. The lowest BCUT2D eigenvalue weighted by atomic mass is 10.0. The van der Waals surface area contributed by atoms with Gasteiger partial charge in [-0.2, -0.15) is 0 Å². The highest BCUT2D eigenvalue weighted by Crippen LogP contribution is 2.37. The Morgan fingerprint density at radius 2 is 1.83 bits per heavy atom. The lowest BCUT2D eigenvalue weighted by Crippen LogP contribution is -2.59. The number of nitrogen functional groups attached to an aromatic ring is 1. The zero-order valence-corrected chi connectivity index (χ0v) is 21.8. The summed E-state index contributed by atoms with van der Waals surface area (Å²) in [5, 5.41) is 3.46. The Hall–Kier alpha value is -2.91. The summed E-state index contributed by atoms with van der Waals surface area (Å²) in [7, 11) is 3.49. The van der Waals surface area contributed by atoms with E-state index in [2.05, 4.69) is 10.3 Å². The minimum Gasteiger partial charge on any atom is -0.496 e. The van der Waals surface area contributed by atoms with Crippen molar-refractivity contribution in [3.63, 3.8) is 0 Å². The molecule has 0 radical (unpaired) electrons. The number of pyridine rings is 1. The number of nitrogens with zero attached hydrogens (tertiary/aromatic N) is 2. The number of quaternary nitrogens is 1. The first-order valence-corrected chi connectivity index (χ1v) is 12.2. The first-order valence-electron chi connectivity index (χ1n) is 11.5. The summed E-state index contributed by atoms with van der Waals surface area (Å²) < 4.78 is 25.9. The molecule has 0 bridgehead atoms. The molecule has 1 amide bonds. The van der Waals surface area contributed by atoms with Crippen LogP contribution in [-0.4, -0.2) is 55.7 Å². The number of methoxy groups -OCH3 is 1. The molecule has 0 aliphatic carbocycles. The number of likely N-dealkylation sites (N-methyl/N-ethyl adjacent to an activating group) is 1. The van der Waals surface area contributed by atoms with Crippen LogP contribution < -0.4 is 20.5 Å². The van der Waals surface area contributed by atoms with Crippen LogP contribution in [0.1, 0.15) is 28.9 Å². The van der Waals surface area contributed by atoms with Crippen molar-refractivity contribution in [2.24, 2.45) is 0 Å². The zero-order valence-electron chi connectivity index (χ0n) is 20.3. The van der Waals surface area contributed by atoms with Gasteiger partial charge in [0.15, 0.2) is 11.6 Å². The molecular formula is C26H28Cl2FN4O3+. The molecule has 3 N–H and O–H groups in total. The van der Waals surface area contributed by atoms with E-state index in [1.165, 1.54) is 19.2 Å². The van der Waals surface area contributed by atoms with E-state index in [4.69, 9.17) is 38.4 Å². The Morgan fingerprint density at radius 1 is 1.14 bits per heavy atom. The summed E-state index contributed by atoms with van der Waals surface area (Å²) in [6.07, 6.45) is 0.910. The average molecular weight is 534 g/mol. The van der Waals surface area contributed by atoms with Crippen LogP contribution in [0.15, 0.2) is 42.6 Å². The maximum atomic E-state index is 14.0. The first-order chi connectivity index (χ1) is 17.1. The molecule has 1 fully saturated rings. The molecule has 3 aromatic rings. The van der Waals surface area contributed by atoms with Crippen molar-refractivity contribution in [1.82, 2.24) is 10.3 Å². The molecule has 0 saturated carbocycles. The first kappa shape index (κ1) is 26.2. The van der Waals surface area contributed by atoms with E-state index in [-0.39, 0.29) is 27.5 Å². The van der Waals surface area contributed by atoms with Crippen molar-refractivity contribution in [2.75, 3.05) is 46.1 Å². The van der Waals surface area contributed by atoms with Gasteiger partial charge >= 0.3 is 5.91 Å². The summed E-state index contributed by atoms with van der Waals surface area (Å²) in [5.74, 6) is 0.335. The minimum absolute atomic E-state index is 0.0111. The smallest absolute Gasteiger partial charge is 0.349 e. The van der Waals surface area contributed by atoms with Crippen molar-refractivity contribution in [2.45, 2.75) is 13.0 Å². The third kappa shape index (κ3) is 5.13. The number of nitrogens with two attached hydrogens (primary N) is 1. The number of carbonyl (C=O) groups excluding carboxylic acids is 1.